The maximum Gasteiger partial charge on any atom is 0.333 e. The number of unbranched alkanes of at least 4 members (excludes halogenated alkanes) is 1. The predicted octanol–water partition coefficient (Wildman–Crippen LogP) is 6.03. The smallest absolute Gasteiger partial charge is 0.333 e. The summed E-state index contributed by atoms with van der Waals surface area (Å²) in [6, 6.07) is 10.8. The highest BCUT2D eigenvalue weighted by atomic mass is 32.3. The van der Waals surface area contributed by atoms with Crippen LogP contribution in [0.3, 0.4) is 0 Å². The van der Waals surface area contributed by atoms with Crippen molar-refractivity contribution in [1.29, 1.82) is 0 Å². The molecule has 6 rings (SSSR count). The van der Waals surface area contributed by atoms with Crippen LogP contribution in [-0.2, 0) is 21.4 Å². The van der Waals surface area contributed by atoms with Crippen LogP contribution in [0.2, 0.25) is 0 Å². The average Bonchev–Trinajstić information content (AvgIpc) is 3.34. The summed E-state index contributed by atoms with van der Waals surface area (Å²) >= 11 is 0. The molecule has 0 unspecified atom stereocenters. The molecule has 1 aliphatic rings. The van der Waals surface area contributed by atoms with Crippen LogP contribution < -0.4 is 5.43 Å². The van der Waals surface area contributed by atoms with Crippen LogP contribution in [0.4, 0.5) is 3.89 Å². The van der Waals surface area contributed by atoms with Crippen LogP contribution in [0, 0.1) is 12.3 Å². The maximum atomic E-state index is 14.2. The number of terminal acetylenes is 1. The number of pyridine rings is 2. The molecule has 1 aliphatic heterocycles. The molecule has 0 aliphatic carbocycles. The number of halogens is 1. The second-order valence-electron chi connectivity index (χ2n) is 10.3. The molecule has 40 heavy (non-hydrogen) atoms. The van der Waals surface area contributed by atoms with Crippen LogP contribution in [0.5, 0.6) is 0 Å². The summed E-state index contributed by atoms with van der Waals surface area (Å²) in [5.74, 6) is 2.66. The Bertz CT molecular complexity index is 2000. The average molecular weight is 558 g/mol. The summed E-state index contributed by atoms with van der Waals surface area (Å²) < 4.78 is 45.1. The van der Waals surface area contributed by atoms with E-state index in [4.69, 9.17) is 11.2 Å². The van der Waals surface area contributed by atoms with Crippen molar-refractivity contribution in [1.82, 2.24) is 14.5 Å². The van der Waals surface area contributed by atoms with Gasteiger partial charge in [0.15, 0.2) is 5.43 Å². The van der Waals surface area contributed by atoms with Gasteiger partial charge < -0.3 is 14.3 Å². The molecule has 9 heteroatoms. The van der Waals surface area contributed by atoms with Crippen LogP contribution in [-0.4, -0.2) is 36.2 Å². The summed E-state index contributed by atoms with van der Waals surface area (Å²) in [6.45, 7) is 3.28. The lowest BCUT2D eigenvalue weighted by molar-refractivity contribution is 0.0715. The standard InChI is InChI=1S/C31H28FN3O4S/c1-3-5-6-20-15-26-28(16-25(20)21-14-23(18-33-17-21)40(32,37)38)35(22-9-11-39-12-10-22)31-29(30(26)36)24-8-7-19(4-2)13-27(24)34-31/h2,7-8,13-18,22,34H,3,5-6,9-12H2,1H3. The van der Waals surface area contributed by atoms with Gasteiger partial charge >= 0.3 is 10.2 Å². The van der Waals surface area contributed by atoms with Crippen LogP contribution in [0.15, 0.2) is 58.5 Å². The molecule has 0 atom stereocenters. The van der Waals surface area contributed by atoms with Gasteiger partial charge in [0.05, 0.1) is 10.9 Å². The first-order valence-corrected chi connectivity index (χ1v) is 14.8. The van der Waals surface area contributed by atoms with Crippen molar-refractivity contribution < 1.29 is 17.0 Å². The lowest BCUT2D eigenvalue weighted by Crippen LogP contribution is -2.22. The highest BCUT2D eigenvalue weighted by Gasteiger charge is 2.25. The fourth-order valence-corrected chi connectivity index (χ4v) is 6.27. The van der Waals surface area contributed by atoms with Gasteiger partial charge in [-0.15, -0.1) is 10.3 Å². The highest BCUT2D eigenvalue weighted by molar-refractivity contribution is 7.86. The zero-order valence-corrected chi connectivity index (χ0v) is 22.9. The number of rotatable bonds is 6. The Kier molecular flexibility index (Phi) is 6.69. The van der Waals surface area contributed by atoms with Crippen molar-refractivity contribution in [2.75, 3.05) is 13.2 Å². The molecule has 2 aromatic carbocycles. The van der Waals surface area contributed by atoms with Crippen LogP contribution >= 0.6 is 0 Å². The normalized spacial score (nSPS) is 14.7. The number of aromatic nitrogens is 3. The van der Waals surface area contributed by atoms with Gasteiger partial charge in [-0.05, 0) is 67.1 Å². The lowest BCUT2D eigenvalue weighted by Gasteiger charge is -2.28. The van der Waals surface area contributed by atoms with Crippen molar-refractivity contribution >= 4 is 43.1 Å². The van der Waals surface area contributed by atoms with E-state index in [1.807, 2.05) is 30.3 Å². The first-order chi connectivity index (χ1) is 19.3. The molecule has 0 amide bonds. The molecule has 0 bridgehead atoms. The largest absolute Gasteiger partial charge is 0.381 e. The van der Waals surface area contributed by atoms with Crippen LogP contribution in [0.25, 0.3) is 44.0 Å². The third-order valence-electron chi connectivity index (χ3n) is 7.80. The fraction of sp³-hybridized carbons (Fsp3) is 0.290. The minimum Gasteiger partial charge on any atom is -0.381 e. The molecule has 1 saturated heterocycles. The second-order valence-corrected chi connectivity index (χ2v) is 11.6. The zero-order chi connectivity index (χ0) is 28.0. The van der Waals surface area contributed by atoms with E-state index >= 15 is 0 Å². The molecule has 3 aromatic heterocycles. The molecule has 4 heterocycles. The van der Waals surface area contributed by atoms with Gasteiger partial charge in [-0.3, -0.25) is 9.78 Å². The number of ether oxygens (including phenoxy) is 1. The van der Waals surface area contributed by atoms with E-state index in [2.05, 4.69) is 27.4 Å². The first-order valence-electron chi connectivity index (χ1n) is 13.4. The molecule has 1 N–H and O–H groups in total. The maximum absolute atomic E-state index is 14.2. The fourth-order valence-electron chi connectivity index (χ4n) is 5.82. The Morgan fingerprint density at radius 3 is 2.67 bits per heavy atom. The van der Waals surface area contributed by atoms with E-state index in [0.717, 1.165) is 59.4 Å². The Hall–Kier alpha value is -4.00. The summed E-state index contributed by atoms with van der Waals surface area (Å²) in [5.41, 5.74) is 4.93. The molecule has 0 radical (unpaired) electrons. The number of fused-ring (bicyclic) bond motifs is 4. The summed E-state index contributed by atoms with van der Waals surface area (Å²) in [7, 11) is -4.94. The number of aryl methyl sites for hydroxylation is 1. The van der Waals surface area contributed by atoms with Gasteiger partial charge in [0.1, 0.15) is 10.5 Å². The Morgan fingerprint density at radius 2 is 1.95 bits per heavy atom. The summed E-state index contributed by atoms with van der Waals surface area (Å²) in [4.78, 5) is 21.2. The minimum atomic E-state index is -4.94. The Morgan fingerprint density at radius 1 is 1.15 bits per heavy atom. The first kappa shape index (κ1) is 26.2. The Balaban J connectivity index is 1.73. The van der Waals surface area contributed by atoms with E-state index in [1.165, 1.54) is 12.3 Å². The molecule has 0 spiro atoms. The van der Waals surface area contributed by atoms with Gasteiger partial charge in [0.25, 0.3) is 0 Å². The third-order valence-corrected chi connectivity index (χ3v) is 8.59. The van der Waals surface area contributed by atoms with Crippen molar-refractivity contribution in [3.63, 3.8) is 0 Å². The van der Waals surface area contributed by atoms with Crippen molar-refractivity contribution in [3.05, 3.63) is 70.1 Å². The number of nitrogens with zero attached hydrogens (tertiary/aromatic N) is 2. The van der Waals surface area contributed by atoms with E-state index < -0.39 is 15.1 Å². The van der Waals surface area contributed by atoms with Crippen molar-refractivity contribution in [2.45, 2.75) is 50.0 Å². The van der Waals surface area contributed by atoms with Gasteiger partial charge in [-0.25, -0.2) is 0 Å². The minimum absolute atomic E-state index is 0.0598. The number of hydrogen-bond donors (Lipinski definition) is 1. The number of benzene rings is 2. The molecule has 5 aromatic rings. The van der Waals surface area contributed by atoms with Crippen molar-refractivity contribution in [2.24, 2.45) is 0 Å². The Labute approximate surface area is 231 Å². The topological polar surface area (TPSA) is 94.0 Å². The van der Waals surface area contributed by atoms with E-state index in [9.17, 15) is 17.1 Å². The molecule has 0 saturated carbocycles. The number of nitrogens with one attached hydrogen (secondary N) is 1. The van der Waals surface area contributed by atoms with Gasteiger partial charge in [-0.1, -0.05) is 25.3 Å². The van der Waals surface area contributed by atoms with Gasteiger partial charge in [0.2, 0.25) is 0 Å². The summed E-state index contributed by atoms with van der Waals surface area (Å²) in [5, 5.41) is 2.00. The molecular weight excluding hydrogens is 529 g/mol. The predicted molar refractivity (Wildman–Crippen MR) is 155 cm³/mol. The van der Waals surface area contributed by atoms with Crippen molar-refractivity contribution in [3.8, 4) is 23.5 Å². The second kappa shape index (κ2) is 10.2. The molecule has 1 fully saturated rings. The SMILES string of the molecule is C#Cc1ccc2c(c1)[nH]c1c2c(=O)c2cc(CCCC)c(-c3cncc(S(=O)(=O)F)c3)cc2n1C1CCOCC1. The number of H-pyrrole nitrogens is 1. The molecular formula is C31H28FN3O4S. The number of hydrogen-bond acceptors (Lipinski definition) is 5. The third kappa shape index (κ3) is 4.47. The quantitative estimate of drug-likeness (QED) is 0.203. The highest BCUT2D eigenvalue weighted by Crippen LogP contribution is 2.36. The van der Waals surface area contributed by atoms with E-state index in [-0.39, 0.29) is 11.5 Å². The van der Waals surface area contributed by atoms with Gasteiger partial charge in [-0.2, -0.15) is 8.42 Å². The van der Waals surface area contributed by atoms with Gasteiger partial charge in [0, 0.05) is 59.1 Å². The molecule has 7 nitrogen and oxygen atoms in total. The zero-order valence-electron chi connectivity index (χ0n) is 22.0. The number of aromatic amines is 1. The lowest BCUT2D eigenvalue weighted by atomic mass is 9.93. The monoisotopic (exact) mass is 557 g/mol. The van der Waals surface area contributed by atoms with E-state index in [1.54, 1.807) is 0 Å². The van der Waals surface area contributed by atoms with E-state index in [0.29, 0.717) is 47.2 Å². The molecule has 204 valence electrons. The summed E-state index contributed by atoms with van der Waals surface area (Å²) in [6.07, 6.45) is 12.2. The van der Waals surface area contributed by atoms with Crippen LogP contribution in [0.1, 0.15) is 49.8 Å².